The maximum Gasteiger partial charge on any atom is 0.407 e. The van der Waals surface area contributed by atoms with E-state index >= 15 is 0 Å². The number of halogens is 1. The van der Waals surface area contributed by atoms with Crippen molar-refractivity contribution in [1.29, 1.82) is 0 Å². The minimum atomic E-state index is -1.62. The number of nitrogens with zero attached hydrogens (tertiary/aromatic N) is 2. The van der Waals surface area contributed by atoms with Gasteiger partial charge in [-0.3, -0.25) is 0 Å². The number of rotatable bonds is 1. The fourth-order valence-electron chi connectivity index (χ4n) is 1.71. The minimum absolute atomic E-state index is 0.0486. The van der Waals surface area contributed by atoms with E-state index in [9.17, 15) is 9.18 Å². The van der Waals surface area contributed by atoms with Gasteiger partial charge in [0.25, 0.3) is 0 Å². The van der Waals surface area contributed by atoms with E-state index in [0.29, 0.717) is 0 Å². The molecule has 0 aliphatic carbocycles. The molecule has 0 bridgehead atoms. The lowest BCUT2D eigenvalue weighted by atomic mass is 9.93. The van der Waals surface area contributed by atoms with Gasteiger partial charge in [-0.25, -0.2) is 14.2 Å². The predicted octanol–water partition coefficient (Wildman–Crippen LogP) is 1.61. The summed E-state index contributed by atoms with van der Waals surface area (Å²) < 4.78 is 19.1. The molecule has 82 valence electrons. The predicted molar refractivity (Wildman–Crippen MR) is 48.1 cm³/mol. The van der Waals surface area contributed by atoms with Gasteiger partial charge in [0, 0.05) is 25.9 Å². The van der Waals surface area contributed by atoms with Gasteiger partial charge in [0.05, 0.1) is 6.20 Å². The number of oxazole rings is 1. The van der Waals surface area contributed by atoms with E-state index in [-0.39, 0.29) is 31.8 Å². The highest BCUT2D eigenvalue weighted by molar-refractivity contribution is 5.65. The molecule has 1 fully saturated rings. The van der Waals surface area contributed by atoms with Crippen molar-refractivity contribution in [3.05, 3.63) is 18.4 Å². The lowest BCUT2D eigenvalue weighted by molar-refractivity contribution is 0.0345. The van der Waals surface area contributed by atoms with E-state index in [4.69, 9.17) is 9.52 Å². The van der Waals surface area contributed by atoms with Gasteiger partial charge in [-0.15, -0.1) is 0 Å². The number of piperidine rings is 1. The highest BCUT2D eigenvalue weighted by Gasteiger charge is 2.41. The molecule has 15 heavy (non-hydrogen) atoms. The SMILES string of the molecule is O=C(O)N1CCC(F)(c2ncco2)CC1. The molecule has 5 nitrogen and oxygen atoms in total. The summed E-state index contributed by atoms with van der Waals surface area (Å²) in [4.78, 5) is 15.6. The summed E-state index contributed by atoms with van der Waals surface area (Å²) >= 11 is 0. The van der Waals surface area contributed by atoms with Crippen molar-refractivity contribution in [2.24, 2.45) is 0 Å². The van der Waals surface area contributed by atoms with Crippen molar-refractivity contribution in [3.63, 3.8) is 0 Å². The van der Waals surface area contributed by atoms with Gasteiger partial charge in [-0.05, 0) is 0 Å². The topological polar surface area (TPSA) is 66.6 Å². The summed E-state index contributed by atoms with van der Waals surface area (Å²) in [5.41, 5.74) is -1.62. The van der Waals surface area contributed by atoms with Crippen LogP contribution in [0, 0.1) is 0 Å². The molecular formula is C9H11FN2O3. The van der Waals surface area contributed by atoms with Crippen molar-refractivity contribution in [2.45, 2.75) is 18.5 Å². The molecule has 2 heterocycles. The molecule has 1 aliphatic rings. The van der Waals surface area contributed by atoms with Gasteiger partial charge in [0.1, 0.15) is 6.26 Å². The van der Waals surface area contributed by atoms with Gasteiger partial charge in [-0.2, -0.15) is 0 Å². The van der Waals surface area contributed by atoms with Crippen LogP contribution in [-0.2, 0) is 5.67 Å². The number of alkyl halides is 1. The molecule has 1 aromatic rings. The molecule has 6 heteroatoms. The largest absolute Gasteiger partial charge is 0.465 e. The van der Waals surface area contributed by atoms with Crippen molar-refractivity contribution in [2.75, 3.05) is 13.1 Å². The van der Waals surface area contributed by atoms with E-state index in [1.54, 1.807) is 0 Å². The first-order valence-corrected chi connectivity index (χ1v) is 4.68. The molecule has 0 saturated carbocycles. The van der Waals surface area contributed by atoms with Crippen LogP contribution < -0.4 is 0 Å². The quantitative estimate of drug-likeness (QED) is 0.771. The first-order chi connectivity index (χ1) is 7.12. The molecule has 0 radical (unpaired) electrons. The maximum atomic E-state index is 14.2. The summed E-state index contributed by atoms with van der Waals surface area (Å²) in [5, 5.41) is 8.70. The zero-order valence-corrected chi connectivity index (χ0v) is 8.02. The summed E-state index contributed by atoms with van der Waals surface area (Å²) in [6.07, 6.45) is 1.89. The van der Waals surface area contributed by atoms with Crippen LogP contribution in [0.1, 0.15) is 18.7 Å². The number of carbonyl (C=O) groups is 1. The molecule has 0 spiro atoms. The summed E-state index contributed by atoms with van der Waals surface area (Å²) in [7, 11) is 0. The number of aromatic nitrogens is 1. The fourth-order valence-corrected chi connectivity index (χ4v) is 1.71. The van der Waals surface area contributed by atoms with Crippen LogP contribution >= 0.6 is 0 Å². The smallest absolute Gasteiger partial charge is 0.407 e. The second-order valence-electron chi connectivity index (χ2n) is 3.57. The summed E-state index contributed by atoms with van der Waals surface area (Å²) in [6, 6.07) is 0. The van der Waals surface area contributed by atoms with E-state index in [1.807, 2.05) is 0 Å². The molecule has 2 rings (SSSR count). The van der Waals surface area contributed by atoms with Crippen LogP contribution in [0.2, 0.25) is 0 Å². The van der Waals surface area contributed by atoms with Crippen molar-refractivity contribution >= 4 is 6.09 Å². The van der Waals surface area contributed by atoms with Crippen molar-refractivity contribution < 1.29 is 18.7 Å². The molecule has 0 unspecified atom stereocenters. The molecule has 1 saturated heterocycles. The van der Waals surface area contributed by atoms with Crippen LogP contribution in [-0.4, -0.2) is 34.2 Å². The van der Waals surface area contributed by atoms with Crippen LogP contribution in [0.3, 0.4) is 0 Å². The third kappa shape index (κ3) is 1.79. The third-order valence-electron chi connectivity index (χ3n) is 2.64. The second kappa shape index (κ2) is 3.52. The van der Waals surface area contributed by atoms with Gasteiger partial charge in [0.2, 0.25) is 5.89 Å². The van der Waals surface area contributed by atoms with Crippen molar-refractivity contribution in [1.82, 2.24) is 9.88 Å². The first-order valence-electron chi connectivity index (χ1n) is 4.68. The Morgan fingerprint density at radius 2 is 2.27 bits per heavy atom. The lowest BCUT2D eigenvalue weighted by Gasteiger charge is -2.32. The van der Waals surface area contributed by atoms with Gasteiger partial charge in [0.15, 0.2) is 5.67 Å². The highest BCUT2D eigenvalue weighted by atomic mass is 19.1. The lowest BCUT2D eigenvalue weighted by Crippen LogP contribution is -2.42. The first kappa shape index (κ1) is 9.95. The van der Waals surface area contributed by atoms with E-state index in [1.165, 1.54) is 17.4 Å². The maximum absolute atomic E-state index is 14.2. The number of hydrogen-bond donors (Lipinski definition) is 1. The van der Waals surface area contributed by atoms with E-state index < -0.39 is 11.8 Å². The summed E-state index contributed by atoms with van der Waals surface area (Å²) in [5.74, 6) is 0.0486. The Balaban J connectivity index is 2.06. The van der Waals surface area contributed by atoms with Crippen LogP contribution in [0.15, 0.2) is 16.9 Å². The Morgan fingerprint density at radius 3 is 2.73 bits per heavy atom. The zero-order chi connectivity index (χ0) is 10.9. The third-order valence-corrected chi connectivity index (χ3v) is 2.64. The molecule has 1 aliphatic heterocycles. The molecular weight excluding hydrogens is 203 g/mol. The Hall–Kier alpha value is -1.59. The average molecular weight is 214 g/mol. The molecule has 1 N–H and O–H groups in total. The second-order valence-corrected chi connectivity index (χ2v) is 3.57. The van der Waals surface area contributed by atoms with Gasteiger partial charge < -0.3 is 14.4 Å². The Bertz CT molecular complexity index is 344. The van der Waals surface area contributed by atoms with Gasteiger partial charge >= 0.3 is 6.09 Å². The molecule has 0 aromatic carbocycles. The normalized spacial score (nSPS) is 20.2. The van der Waals surface area contributed by atoms with Crippen LogP contribution in [0.5, 0.6) is 0 Å². The Kier molecular flexibility index (Phi) is 2.34. The highest BCUT2D eigenvalue weighted by Crippen LogP contribution is 2.35. The molecule has 1 aromatic heterocycles. The van der Waals surface area contributed by atoms with E-state index in [2.05, 4.69) is 4.98 Å². The van der Waals surface area contributed by atoms with Crippen LogP contribution in [0.4, 0.5) is 9.18 Å². The zero-order valence-electron chi connectivity index (χ0n) is 8.02. The minimum Gasteiger partial charge on any atom is -0.465 e. The van der Waals surface area contributed by atoms with Gasteiger partial charge in [-0.1, -0.05) is 0 Å². The monoisotopic (exact) mass is 214 g/mol. The molecule has 1 amide bonds. The number of hydrogen-bond acceptors (Lipinski definition) is 3. The van der Waals surface area contributed by atoms with Crippen molar-refractivity contribution in [3.8, 4) is 0 Å². The standard InChI is InChI=1S/C9H11FN2O3/c10-9(7-11-3-6-15-7)1-4-12(5-2-9)8(13)14/h3,6H,1-2,4-5H2,(H,13,14). The Labute approximate surface area is 85.5 Å². The average Bonchev–Trinajstić information content (AvgIpc) is 2.71. The van der Waals surface area contributed by atoms with Crippen LogP contribution in [0.25, 0.3) is 0 Å². The Morgan fingerprint density at radius 1 is 1.60 bits per heavy atom. The summed E-state index contributed by atoms with van der Waals surface area (Å²) in [6.45, 7) is 0.350. The fraction of sp³-hybridized carbons (Fsp3) is 0.556. The molecule has 0 atom stereocenters. The number of amides is 1. The number of carboxylic acid groups (broad SMARTS) is 1. The number of likely N-dealkylation sites (tertiary alicyclic amines) is 1. The van der Waals surface area contributed by atoms with E-state index in [0.717, 1.165) is 0 Å².